The zero-order valence-corrected chi connectivity index (χ0v) is 14.3. The van der Waals surface area contributed by atoms with Crippen LogP contribution in [0.5, 0.6) is 5.75 Å². The third-order valence-corrected chi connectivity index (χ3v) is 3.67. The molecule has 2 aromatic heterocycles. The molecule has 148 valence electrons. The Bertz CT molecular complexity index is 855. The zero-order chi connectivity index (χ0) is 20.6. The van der Waals surface area contributed by atoms with Gasteiger partial charge in [-0.05, 0) is 31.6 Å². The van der Waals surface area contributed by atoms with Gasteiger partial charge in [0.05, 0.1) is 6.04 Å². The van der Waals surface area contributed by atoms with Crippen molar-refractivity contribution >= 4 is 11.6 Å². The molecule has 0 aliphatic rings. The summed E-state index contributed by atoms with van der Waals surface area (Å²) in [7, 11) is 0. The van der Waals surface area contributed by atoms with Gasteiger partial charge in [0.2, 0.25) is 5.95 Å². The molecule has 2 atom stereocenters. The van der Waals surface area contributed by atoms with Crippen LogP contribution >= 0.6 is 0 Å². The minimum atomic E-state index is -4.80. The summed E-state index contributed by atoms with van der Waals surface area (Å²) in [6, 6.07) is 0.897. The Morgan fingerprint density at radius 1 is 1.22 bits per heavy atom. The number of pyridine rings is 1. The van der Waals surface area contributed by atoms with Crippen LogP contribution in [0.3, 0.4) is 0 Å². The molecule has 0 saturated carbocycles. The second-order valence-corrected chi connectivity index (χ2v) is 5.70. The molecule has 0 aliphatic carbocycles. The number of nitrogens with one attached hydrogen (secondary N) is 1. The summed E-state index contributed by atoms with van der Waals surface area (Å²) < 4.78 is 82.9. The first-order valence-electron chi connectivity index (χ1n) is 7.62. The highest BCUT2D eigenvalue weighted by Gasteiger charge is 2.40. The molecule has 2 rings (SSSR count). The Kier molecular flexibility index (Phi) is 5.43. The van der Waals surface area contributed by atoms with Crippen molar-refractivity contribution in [3.05, 3.63) is 42.6 Å². The fraction of sp³-hybridized carbons (Fsp3) is 0.375. The molecule has 0 aliphatic heterocycles. The van der Waals surface area contributed by atoms with Crippen LogP contribution in [-0.2, 0) is 6.18 Å². The van der Waals surface area contributed by atoms with Gasteiger partial charge in [0.15, 0.2) is 17.5 Å². The van der Waals surface area contributed by atoms with Crippen molar-refractivity contribution in [2.24, 2.45) is 0 Å². The first-order valence-corrected chi connectivity index (χ1v) is 7.62. The van der Waals surface area contributed by atoms with Gasteiger partial charge in [-0.3, -0.25) is 0 Å². The van der Waals surface area contributed by atoms with Crippen LogP contribution in [0.15, 0.2) is 36.9 Å². The number of halogens is 6. The molecule has 11 heteroatoms. The fourth-order valence-corrected chi connectivity index (χ4v) is 2.03. The minimum absolute atomic E-state index is 0.230. The summed E-state index contributed by atoms with van der Waals surface area (Å²) in [6.45, 7) is 9.59. The molecule has 0 aromatic carbocycles. The van der Waals surface area contributed by atoms with Crippen LogP contribution in [0.1, 0.15) is 19.5 Å². The minimum Gasteiger partial charge on any atom is -0.477 e. The molecule has 27 heavy (non-hydrogen) atoms. The van der Waals surface area contributed by atoms with Gasteiger partial charge in [-0.1, -0.05) is 19.2 Å². The quantitative estimate of drug-likeness (QED) is 0.574. The Balaban J connectivity index is 2.53. The van der Waals surface area contributed by atoms with Crippen LogP contribution in [0.2, 0.25) is 0 Å². The molecule has 0 spiro atoms. The number of alkyl halides is 6. The number of rotatable bonds is 6. The Hall–Kier alpha value is -2.72. The van der Waals surface area contributed by atoms with Gasteiger partial charge in [0.25, 0.3) is 0 Å². The molecule has 0 bridgehead atoms. The first-order chi connectivity index (χ1) is 12.3. The topological polar surface area (TPSA) is 51.5 Å². The standard InChI is InChI=1S/C16H16F6N4O/c1-5-8(2)9(3)23-14-24-13-11(27-10(4)15(17,18)19)6-7-12(16(20,21)22)26(13)25-14/h5-7,9-10H,1-2H2,3-4H3,(H,23,25). The molecule has 2 aromatic rings. The maximum atomic E-state index is 13.2. The van der Waals surface area contributed by atoms with E-state index in [-0.39, 0.29) is 5.95 Å². The summed E-state index contributed by atoms with van der Waals surface area (Å²) in [5, 5.41) is 6.42. The molecule has 0 radical (unpaired) electrons. The van der Waals surface area contributed by atoms with Crippen LogP contribution in [0.4, 0.5) is 32.3 Å². The smallest absolute Gasteiger partial charge is 0.433 e. The van der Waals surface area contributed by atoms with Gasteiger partial charge in [0, 0.05) is 0 Å². The van der Waals surface area contributed by atoms with E-state index >= 15 is 0 Å². The van der Waals surface area contributed by atoms with E-state index in [1.54, 1.807) is 6.92 Å². The molecular weight excluding hydrogens is 378 g/mol. The van der Waals surface area contributed by atoms with E-state index in [0.29, 0.717) is 16.2 Å². The largest absolute Gasteiger partial charge is 0.477 e. The van der Waals surface area contributed by atoms with Gasteiger partial charge in [0.1, 0.15) is 5.69 Å². The third-order valence-electron chi connectivity index (χ3n) is 3.67. The van der Waals surface area contributed by atoms with Crippen LogP contribution in [0, 0.1) is 0 Å². The molecule has 0 fully saturated rings. The zero-order valence-electron chi connectivity index (χ0n) is 14.3. The van der Waals surface area contributed by atoms with E-state index in [1.807, 2.05) is 0 Å². The fourth-order valence-electron chi connectivity index (χ4n) is 2.03. The molecule has 0 saturated heterocycles. The number of hydrogen-bond donors (Lipinski definition) is 1. The van der Waals surface area contributed by atoms with Crippen molar-refractivity contribution in [3.63, 3.8) is 0 Å². The lowest BCUT2D eigenvalue weighted by atomic mass is 10.1. The van der Waals surface area contributed by atoms with Crippen molar-refractivity contribution in [1.82, 2.24) is 14.6 Å². The predicted molar refractivity (Wildman–Crippen MR) is 86.6 cm³/mol. The Labute approximate surface area is 150 Å². The van der Waals surface area contributed by atoms with E-state index in [1.165, 1.54) is 6.08 Å². The number of ether oxygens (including phenoxy) is 1. The summed E-state index contributed by atoms with van der Waals surface area (Å²) in [5.74, 6) is -0.713. The highest BCUT2D eigenvalue weighted by atomic mass is 19.4. The van der Waals surface area contributed by atoms with Crippen molar-refractivity contribution in [1.29, 1.82) is 0 Å². The van der Waals surface area contributed by atoms with Crippen LogP contribution in [-0.4, -0.2) is 32.9 Å². The lowest BCUT2D eigenvalue weighted by Gasteiger charge is -2.18. The van der Waals surface area contributed by atoms with Crippen molar-refractivity contribution in [3.8, 4) is 5.75 Å². The molecule has 5 nitrogen and oxygen atoms in total. The number of anilines is 1. The van der Waals surface area contributed by atoms with Gasteiger partial charge in [-0.25, -0.2) is 4.52 Å². The number of fused-ring (bicyclic) bond motifs is 1. The normalized spacial score (nSPS) is 14.7. The van der Waals surface area contributed by atoms with Gasteiger partial charge < -0.3 is 10.1 Å². The lowest BCUT2D eigenvalue weighted by molar-refractivity contribution is -0.189. The van der Waals surface area contributed by atoms with E-state index in [0.717, 1.165) is 13.0 Å². The SMILES string of the molecule is C=CC(=C)C(C)Nc1nc2c(OC(C)C(F)(F)F)ccc(C(F)(F)F)n2n1. The molecular formula is C16H16F6N4O. The molecule has 2 heterocycles. The Morgan fingerprint density at radius 2 is 1.85 bits per heavy atom. The highest BCUT2D eigenvalue weighted by Crippen LogP contribution is 2.34. The second-order valence-electron chi connectivity index (χ2n) is 5.70. The van der Waals surface area contributed by atoms with Crippen LogP contribution in [0.25, 0.3) is 5.65 Å². The second kappa shape index (κ2) is 7.12. The van der Waals surface area contributed by atoms with Gasteiger partial charge in [-0.15, -0.1) is 5.10 Å². The monoisotopic (exact) mass is 394 g/mol. The third kappa shape index (κ3) is 4.52. The van der Waals surface area contributed by atoms with Crippen LogP contribution < -0.4 is 10.1 Å². The number of hydrogen-bond acceptors (Lipinski definition) is 4. The maximum absolute atomic E-state index is 13.2. The molecule has 2 unspecified atom stereocenters. The maximum Gasteiger partial charge on any atom is 0.433 e. The number of aromatic nitrogens is 3. The molecule has 1 N–H and O–H groups in total. The highest BCUT2D eigenvalue weighted by molar-refractivity contribution is 5.57. The van der Waals surface area contributed by atoms with Gasteiger partial charge >= 0.3 is 12.4 Å². The summed E-state index contributed by atoms with van der Waals surface area (Å²) in [5.41, 5.74) is -1.19. The summed E-state index contributed by atoms with van der Waals surface area (Å²) in [6.07, 6.45) is -10.3. The lowest BCUT2D eigenvalue weighted by Crippen LogP contribution is -2.31. The van der Waals surface area contributed by atoms with Gasteiger partial charge in [-0.2, -0.15) is 31.3 Å². The first kappa shape index (κ1) is 20.6. The molecule has 0 amide bonds. The summed E-state index contributed by atoms with van der Waals surface area (Å²) in [4.78, 5) is 3.85. The van der Waals surface area contributed by atoms with E-state index in [2.05, 4.69) is 28.6 Å². The predicted octanol–water partition coefficient (Wildman–Crippen LogP) is 4.62. The Morgan fingerprint density at radius 3 is 2.37 bits per heavy atom. The van der Waals surface area contributed by atoms with E-state index in [9.17, 15) is 26.3 Å². The van der Waals surface area contributed by atoms with Crippen molar-refractivity contribution < 1.29 is 31.1 Å². The van der Waals surface area contributed by atoms with E-state index < -0.39 is 41.6 Å². The van der Waals surface area contributed by atoms with Crippen molar-refractivity contribution in [2.75, 3.05) is 5.32 Å². The average molecular weight is 394 g/mol. The summed E-state index contributed by atoms with van der Waals surface area (Å²) >= 11 is 0. The van der Waals surface area contributed by atoms with E-state index in [4.69, 9.17) is 4.74 Å². The van der Waals surface area contributed by atoms with Crippen molar-refractivity contribution in [2.45, 2.75) is 38.3 Å². The average Bonchev–Trinajstić information content (AvgIpc) is 2.95. The number of nitrogens with zero attached hydrogens (tertiary/aromatic N) is 3.